The van der Waals surface area contributed by atoms with E-state index in [9.17, 15) is 4.79 Å². The summed E-state index contributed by atoms with van der Waals surface area (Å²) in [5, 5.41) is 5.49. The summed E-state index contributed by atoms with van der Waals surface area (Å²) in [5.74, 6) is 0.760. The molecule has 0 atom stereocenters. The Balaban J connectivity index is 1.61. The first-order chi connectivity index (χ1) is 14.1. The second-order valence-electron chi connectivity index (χ2n) is 7.20. The summed E-state index contributed by atoms with van der Waals surface area (Å²) >= 11 is 0. The van der Waals surface area contributed by atoms with Crippen molar-refractivity contribution in [1.82, 2.24) is 14.7 Å². The second-order valence-corrected chi connectivity index (χ2v) is 7.20. The fraction of sp³-hybridized carbons (Fsp3) is 0.250. The van der Waals surface area contributed by atoms with Crippen molar-refractivity contribution in [2.45, 2.75) is 33.4 Å². The molecule has 1 amide bonds. The van der Waals surface area contributed by atoms with Crippen molar-refractivity contribution >= 4 is 16.9 Å². The molecular weight excluding hydrogens is 362 g/mol. The summed E-state index contributed by atoms with van der Waals surface area (Å²) in [7, 11) is 0. The predicted octanol–water partition coefficient (Wildman–Crippen LogP) is 4.84. The average Bonchev–Trinajstić information content (AvgIpc) is 3.33. The maximum absolute atomic E-state index is 13.4. The van der Waals surface area contributed by atoms with E-state index in [2.05, 4.69) is 17.2 Å². The van der Waals surface area contributed by atoms with Crippen molar-refractivity contribution in [3.63, 3.8) is 0 Å². The van der Waals surface area contributed by atoms with Gasteiger partial charge in [0.25, 0.3) is 5.91 Å². The van der Waals surface area contributed by atoms with Gasteiger partial charge in [0.15, 0.2) is 0 Å². The third kappa shape index (κ3) is 4.24. The molecule has 2 aromatic heterocycles. The molecule has 29 heavy (non-hydrogen) atoms. The molecule has 0 unspecified atom stereocenters. The van der Waals surface area contributed by atoms with Gasteiger partial charge in [-0.25, -0.2) is 0 Å². The molecule has 0 aliphatic rings. The van der Waals surface area contributed by atoms with Crippen LogP contribution in [-0.2, 0) is 19.5 Å². The number of fused-ring (bicyclic) bond motifs is 1. The Morgan fingerprint density at radius 2 is 1.83 bits per heavy atom. The Labute approximate surface area is 170 Å². The molecular formula is C24H25N3O2. The van der Waals surface area contributed by atoms with Crippen molar-refractivity contribution < 1.29 is 9.21 Å². The first-order valence-corrected chi connectivity index (χ1v) is 9.99. The maximum Gasteiger partial charge on any atom is 0.272 e. The number of nitrogens with zero attached hydrogens (tertiary/aromatic N) is 3. The molecule has 4 rings (SSSR count). The number of carbonyl (C=O) groups is 1. The van der Waals surface area contributed by atoms with E-state index in [0.29, 0.717) is 25.3 Å². The topological polar surface area (TPSA) is 51.3 Å². The largest absolute Gasteiger partial charge is 0.459 e. The molecule has 4 aromatic rings. The molecule has 0 spiro atoms. The van der Waals surface area contributed by atoms with Gasteiger partial charge in [-0.1, -0.05) is 48.5 Å². The number of carbonyl (C=O) groups excluding carboxylic acids is 1. The van der Waals surface area contributed by atoms with Crippen LogP contribution in [0.25, 0.3) is 11.0 Å². The lowest BCUT2D eigenvalue weighted by atomic mass is 10.1. The van der Waals surface area contributed by atoms with Gasteiger partial charge >= 0.3 is 0 Å². The molecule has 0 N–H and O–H groups in total. The van der Waals surface area contributed by atoms with Crippen LogP contribution in [0.5, 0.6) is 0 Å². The Hall–Kier alpha value is -3.34. The molecule has 0 bridgehead atoms. The van der Waals surface area contributed by atoms with Crippen molar-refractivity contribution in [3.05, 3.63) is 89.4 Å². The summed E-state index contributed by atoms with van der Waals surface area (Å²) in [6.45, 7) is 5.60. The molecule has 2 heterocycles. The van der Waals surface area contributed by atoms with Crippen LogP contribution in [0.3, 0.4) is 0 Å². The Morgan fingerprint density at radius 3 is 2.59 bits per heavy atom. The summed E-state index contributed by atoms with van der Waals surface area (Å²) in [4.78, 5) is 15.3. The number of para-hydroxylation sites is 1. The summed E-state index contributed by atoms with van der Waals surface area (Å²) in [5.41, 5.74) is 3.51. The van der Waals surface area contributed by atoms with E-state index in [4.69, 9.17) is 4.42 Å². The van der Waals surface area contributed by atoms with Crippen LogP contribution >= 0.6 is 0 Å². The minimum Gasteiger partial charge on any atom is -0.459 e. The predicted molar refractivity (Wildman–Crippen MR) is 114 cm³/mol. The highest BCUT2D eigenvalue weighted by Crippen LogP contribution is 2.21. The number of furan rings is 1. The van der Waals surface area contributed by atoms with Gasteiger partial charge in [-0.3, -0.25) is 9.48 Å². The lowest BCUT2D eigenvalue weighted by molar-refractivity contribution is 0.0722. The van der Waals surface area contributed by atoms with Crippen molar-refractivity contribution in [2.24, 2.45) is 0 Å². The number of aryl methyl sites for hydroxylation is 2. The average molecular weight is 387 g/mol. The lowest BCUT2D eigenvalue weighted by Gasteiger charge is -2.22. The van der Waals surface area contributed by atoms with Crippen LogP contribution in [0.1, 0.15) is 34.4 Å². The van der Waals surface area contributed by atoms with Gasteiger partial charge in [-0.2, -0.15) is 5.10 Å². The summed E-state index contributed by atoms with van der Waals surface area (Å²) in [6, 6.07) is 22.0. The molecule has 5 heteroatoms. The SMILES string of the molecule is CCn1nc(C)cc1C(=O)N(CCc1ccccc1)Cc1cc2ccccc2o1. The Bertz CT molecular complexity index is 1080. The van der Waals surface area contributed by atoms with Crippen LogP contribution in [0, 0.1) is 6.92 Å². The van der Waals surface area contributed by atoms with E-state index in [1.54, 1.807) is 4.68 Å². The zero-order valence-corrected chi connectivity index (χ0v) is 16.8. The molecule has 148 valence electrons. The molecule has 0 radical (unpaired) electrons. The van der Waals surface area contributed by atoms with Crippen LogP contribution in [0.15, 0.2) is 71.1 Å². The molecule has 5 nitrogen and oxygen atoms in total. The normalized spacial score (nSPS) is 11.1. The zero-order chi connectivity index (χ0) is 20.2. The Kier molecular flexibility index (Phi) is 5.47. The number of benzene rings is 2. The summed E-state index contributed by atoms with van der Waals surface area (Å²) in [6.07, 6.45) is 0.784. The molecule has 0 fully saturated rings. The Morgan fingerprint density at radius 1 is 1.07 bits per heavy atom. The van der Waals surface area contributed by atoms with Crippen LogP contribution < -0.4 is 0 Å². The minimum absolute atomic E-state index is 0.0242. The highest BCUT2D eigenvalue weighted by molar-refractivity contribution is 5.92. The van der Waals surface area contributed by atoms with Crippen LogP contribution in [0.4, 0.5) is 0 Å². The van der Waals surface area contributed by atoms with E-state index < -0.39 is 0 Å². The van der Waals surface area contributed by atoms with Gasteiger partial charge in [0.05, 0.1) is 12.2 Å². The van der Waals surface area contributed by atoms with E-state index in [0.717, 1.165) is 28.8 Å². The highest BCUT2D eigenvalue weighted by Gasteiger charge is 2.22. The zero-order valence-electron chi connectivity index (χ0n) is 16.8. The van der Waals surface area contributed by atoms with Crippen molar-refractivity contribution in [2.75, 3.05) is 6.54 Å². The molecule has 0 saturated heterocycles. The third-order valence-electron chi connectivity index (χ3n) is 5.04. The van der Waals surface area contributed by atoms with Crippen molar-refractivity contribution in [1.29, 1.82) is 0 Å². The van der Waals surface area contributed by atoms with Gasteiger partial charge in [0.2, 0.25) is 0 Å². The van der Waals surface area contributed by atoms with E-state index in [-0.39, 0.29) is 5.91 Å². The van der Waals surface area contributed by atoms with Crippen LogP contribution in [0.2, 0.25) is 0 Å². The minimum atomic E-state index is -0.0242. The monoisotopic (exact) mass is 387 g/mol. The van der Waals surface area contributed by atoms with Crippen molar-refractivity contribution in [3.8, 4) is 0 Å². The smallest absolute Gasteiger partial charge is 0.272 e. The van der Waals surface area contributed by atoms with Gasteiger partial charge < -0.3 is 9.32 Å². The number of amides is 1. The molecule has 2 aromatic carbocycles. The van der Waals surface area contributed by atoms with E-state index in [1.165, 1.54) is 5.56 Å². The number of rotatable bonds is 7. The van der Waals surface area contributed by atoms with E-state index >= 15 is 0 Å². The van der Waals surface area contributed by atoms with E-state index in [1.807, 2.05) is 73.3 Å². The number of hydrogen-bond acceptors (Lipinski definition) is 3. The first-order valence-electron chi connectivity index (χ1n) is 9.99. The summed E-state index contributed by atoms with van der Waals surface area (Å²) < 4.78 is 7.75. The van der Waals surface area contributed by atoms with Crippen LogP contribution in [-0.4, -0.2) is 27.1 Å². The molecule has 0 aliphatic heterocycles. The van der Waals surface area contributed by atoms with Gasteiger partial charge in [0.1, 0.15) is 17.0 Å². The molecule has 0 aliphatic carbocycles. The fourth-order valence-corrected chi connectivity index (χ4v) is 3.58. The van der Waals surface area contributed by atoms with Gasteiger partial charge in [0, 0.05) is 18.5 Å². The molecule has 0 saturated carbocycles. The fourth-order valence-electron chi connectivity index (χ4n) is 3.58. The second kappa shape index (κ2) is 8.35. The lowest BCUT2D eigenvalue weighted by Crippen LogP contribution is -2.34. The number of hydrogen-bond donors (Lipinski definition) is 0. The quantitative estimate of drug-likeness (QED) is 0.456. The maximum atomic E-state index is 13.4. The first kappa shape index (κ1) is 19.0. The third-order valence-corrected chi connectivity index (χ3v) is 5.04. The number of aromatic nitrogens is 2. The van der Waals surface area contributed by atoms with Gasteiger partial charge in [-0.15, -0.1) is 0 Å². The highest BCUT2D eigenvalue weighted by atomic mass is 16.3. The van der Waals surface area contributed by atoms with Gasteiger partial charge in [-0.05, 0) is 44.0 Å². The standard InChI is InChI=1S/C24H25N3O2/c1-3-27-22(15-18(2)25-27)24(28)26(14-13-19-9-5-4-6-10-19)17-21-16-20-11-7-8-12-23(20)29-21/h4-12,15-16H,3,13-14,17H2,1-2H3.